The van der Waals surface area contributed by atoms with Gasteiger partial charge in [-0.05, 0) is 62.6 Å². The molecule has 2 heterocycles. The lowest BCUT2D eigenvalue weighted by atomic mass is 9.80. The van der Waals surface area contributed by atoms with Crippen molar-refractivity contribution in [3.8, 4) is 5.75 Å². The van der Waals surface area contributed by atoms with Crippen LogP contribution in [0.3, 0.4) is 0 Å². The van der Waals surface area contributed by atoms with E-state index in [4.69, 9.17) is 14.2 Å². The van der Waals surface area contributed by atoms with E-state index in [0.717, 1.165) is 16.5 Å². The summed E-state index contributed by atoms with van der Waals surface area (Å²) in [6.07, 6.45) is 0.871. The molecule has 0 aliphatic carbocycles. The summed E-state index contributed by atoms with van der Waals surface area (Å²) in [6.45, 7) is 6.47. The fraction of sp³-hybridized carbons (Fsp3) is 0.500. The first-order valence-corrected chi connectivity index (χ1v) is 10.5. The third-order valence-electron chi connectivity index (χ3n) is 5.83. The van der Waals surface area contributed by atoms with Gasteiger partial charge in [0.2, 0.25) is 0 Å². The largest absolute Gasteiger partial charge is 0.497 e. The van der Waals surface area contributed by atoms with Crippen LogP contribution in [0.5, 0.6) is 5.75 Å². The molecule has 2 atom stereocenters. The maximum absolute atomic E-state index is 13.3. The first-order chi connectivity index (χ1) is 14.2. The number of ketones is 1. The Kier molecular flexibility index (Phi) is 5.45. The summed E-state index contributed by atoms with van der Waals surface area (Å²) in [5.41, 5.74) is 0.162. The van der Waals surface area contributed by atoms with E-state index in [1.54, 1.807) is 12.0 Å². The maximum atomic E-state index is 13.3. The van der Waals surface area contributed by atoms with Gasteiger partial charge in [-0.1, -0.05) is 18.2 Å². The molecule has 2 aliphatic rings. The zero-order valence-electron chi connectivity index (χ0n) is 18.0. The Hall–Kier alpha value is -2.60. The lowest BCUT2D eigenvalue weighted by molar-refractivity contribution is -0.0861. The van der Waals surface area contributed by atoms with E-state index in [-0.39, 0.29) is 29.9 Å². The Morgan fingerprint density at radius 2 is 1.63 bits per heavy atom. The molecule has 0 saturated carbocycles. The molecule has 2 aliphatic heterocycles. The molecule has 2 aromatic rings. The van der Waals surface area contributed by atoms with Gasteiger partial charge in [0.15, 0.2) is 5.78 Å². The van der Waals surface area contributed by atoms with Crippen molar-refractivity contribution in [3.05, 3.63) is 42.0 Å². The summed E-state index contributed by atoms with van der Waals surface area (Å²) in [6, 6.07) is 11.4. The van der Waals surface area contributed by atoms with E-state index in [1.165, 1.54) is 0 Å². The minimum atomic E-state index is -0.549. The molecule has 0 N–H and O–H groups in total. The highest BCUT2D eigenvalue weighted by molar-refractivity contribution is 6.01. The SMILES string of the molecule is COc1ccc2cc(C(=O)C3CC4COCC(C3)N4C(=O)OC(C)(C)C)ccc2c1. The number of carbonyl (C=O) groups excluding carboxylic acids is 2. The predicted octanol–water partition coefficient (Wildman–Crippen LogP) is 4.45. The third-order valence-corrected chi connectivity index (χ3v) is 5.83. The van der Waals surface area contributed by atoms with E-state index in [0.29, 0.717) is 31.6 Å². The van der Waals surface area contributed by atoms with Crippen LogP contribution in [0.15, 0.2) is 36.4 Å². The topological polar surface area (TPSA) is 65.1 Å². The molecule has 0 aromatic heterocycles. The maximum Gasteiger partial charge on any atom is 0.410 e. The molecule has 2 aromatic carbocycles. The van der Waals surface area contributed by atoms with Crippen LogP contribution in [0, 0.1) is 5.92 Å². The zero-order valence-corrected chi connectivity index (χ0v) is 18.0. The number of rotatable bonds is 3. The van der Waals surface area contributed by atoms with E-state index in [2.05, 4.69) is 0 Å². The Morgan fingerprint density at radius 1 is 1.00 bits per heavy atom. The van der Waals surface area contributed by atoms with Gasteiger partial charge in [-0.2, -0.15) is 0 Å². The zero-order chi connectivity index (χ0) is 21.5. The number of amides is 1. The molecule has 1 amide bonds. The van der Waals surface area contributed by atoms with Crippen LogP contribution in [0.25, 0.3) is 10.8 Å². The van der Waals surface area contributed by atoms with Gasteiger partial charge in [-0.3, -0.25) is 9.69 Å². The molecular weight excluding hydrogens is 382 g/mol. The third kappa shape index (κ3) is 4.15. The molecule has 30 heavy (non-hydrogen) atoms. The summed E-state index contributed by atoms with van der Waals surface area (Å²) in [5.74, 6) is 0.802. The number of ether oxygens (including phenoxy) is 3. The minimum Gasteiger partial charge on any atom is -0.497 e. The summed E-state index contributed by atoms with van der Waals surface area (Å²) in [4.78, 5) is 27.8. The van der Waals surface area contributed by atoms with Gasteiger partial charge in [0.25, 0.3) is 0 Å². The number of benzene rings is 2. The summed E-state index contributed by atoms with van der Waals surface area (Å²) >= 11 is 0. The van der Waals surface area contributed by atoms with Crippen LogP contribution >= 0.6 is 0 Å². The fourth-order valence-corrected chi connectivity index (χ4v) is 4.48. The highest BCUT2D eigenvalue weighted by Gasteiger charge is 2.45. The smallest absolute Gasteiger partial charge is 0.410 e. The number of morpholine rings is 1. The van der Waals surface area contributed by atoms with E-state index in [9.17, 15) is 9.59 Å². The molecule has 6 nitrogen and oxygen atoms in total. The number of fused-ring (bicyclic) bond motifs is 3. The molecule has 4 rings (SSSR count). The normalized spacial score (nSPS) is 23.9. The van der Waals surface area contributed by atoms with E-state index in [1.807, 2.05) is 57.2 Å². The van der Waals surface area contributed by atoms with Gasteiger partial charge in [0, 0.05) is 11.5 Å². The first kappa shape index (κ1) is 20.7. The highest BCUT2D eigenvalue weighted by atomic mass is 16.6. The highest BCUT2D eigenvalue weighted by Crippen LogP contribution is 2.35. The molecule has 0 radical (unpaired) electrons. The number of hydrogen-bond acceptors (Lipinski definition) is 5. The molecule has 0 spiro atoms. The lowest BCUT2D eigenvalue weighted by Gasteiger charge is -2.47. The van der Waals surface area contributed by atoms with Crippen molar-refractivity contribution < 1.29 is 23.8 Å². The summed E-state index contributed by atoms with van der Waals surface area (Å²) in [5, 5.41) is 2.05. The average molecular weight is 411 g/mol. The van der Waals surface area contributed by atoms with E-state index >= 15 is 0 Å². The number of hydrogen-bond donors (Lipinski definition) is 0. The molecular formula is C24H29NO5. The Labute approximate surface area is 177 Å². The molecule has 160 valence electrons. The molecule has 2 bridgehead atoms. The van der Waals surface area contributed by atoms with Crippen LogP contribution in [-0.4, -0.2) is 54.8 Å². The minimum absolute atomic E-state index is 0.127. The van der Waals surface area contributed by atoms with Gasteiger partial charge < -0.3 is 14.2 Å². The lowest BCUT2D eigenvalue weighted by Crippen LogP contribution is -2.60. The second-order valence-corrected chi connectivity index (χ2v) is 9.19. The van der Waals surface area contributed by atoms with Crippen LogP contribution < -0.4 is 4.74 Å². The van der Waals surface area contributed by atoms with Gasteiger partial charge in [0.05, 0.1) is 32.4 Å². The number of piperidine rings is 1. The van der Waals surface area contributed by atoms with Gasteiger partial charge in [0.1, 0.15) is 11.4 Å². The summed E-state index contributed by atoms with van der Waals surface area (Å²) < 4.78 is 16.6. The molecule has 2 saturated heterocycles. The van der Waals surface area contributed by atoms with Crippen molar-refractivity contribution in [2.45, 2.75) is 51.3 Å². The predicted molar refractivity (Wildman–Crippen MR) is 114 cm³/mol. The Bertz CT molecular complexity index is 950. The molecule has 6 heteroatoms. The Morgan fingerprint density at radius 3 is 2.27 bits per heavy atom. The van der Waals surface area contributed by atoms with Crippen LogP contribution in [-0.2, 0) is 9.47 Å². The number of methoxy groups -OCH3 is 1. The quantitative estimate of drug-likeness (QED) is 0.699. The number of Topliss-reactive ketones (excluding diaryl/α,β-unsaturated/α-hetero) is 1. The second kappa shape index (κ2) is 7.91. The van der Waals surface area contributed by atoms with Crippen molar-refractivity contribution in [1.82, 2.24) is 4.90 Å². The van der Waals surface area contributed by atoms with Gasteiger partial charge in [-0.25, -0.2) is 4.79 Å². The molecule has 2 unspecified atom stereocenters. The standard InChI is InChI=1S/C24H29NO5/c1-24(2,3)30-23(27)25-19-10-18(11-20(25)14-29-13-19)22(26)17-6-5-16-12-21(28-4)8-7-15(16)9-17/h5-9,12,18-20H,10-11,13-14H2,1-4H3. The number of nitrogens with zero attached hydrogens (tertiary/aromatic N) is 1. The fourth-order valence-electron chi connectivity index (χ4n) is 4.48. The number of carbonyl (C=O) groups is 2. The van der Waals surface area contributed by atoms with Gasteiger partial charge >= 0.3 is 6.09 Å². The van der Waals surface area contributed by atoms with Crippen LogP contribution in [0.4, 0.5) is 4.79 Å². The van der Waals surface area contributed by atoms with Crippen molar-refractivity contribution in [3.63, 3.8) is 0 Å². The first-order valence-electron chi connectivity index (χ1n) is 10.5. The monoisotopic (exact) mass is 411 g/mol. The van der Waals surface area contributed by atoms with Crippen molar-refractivity contribution in [2.24, 2.45) is 5.92 Å². The van der Waals surface area contributed by atoms with E-state index < -0.39 is 5.60 Å². The van der Waals surface area contributed by atoms with Crippen molar-refractivity contribution >= 4 is 22.6 Å². The second-order valence-electron chi connectivity index (χ2n) is 9.19. The van der Waals surface area contributed by atoms with Crippen LogP contribution in [0.2, 0.25) is 0 Å². The van der Waals surface area contributed by atoms with Gasteiger partial charge in [-0.15, -0.1) is 0 Å². The summed E-state index contributed by atoms with van der Waals surface area (Å²) in [7, 11) is 1.64. The molecule has 2 fully saturated rings. The van der Waals surface area contributed by atoms with Crippen molar-refractivity contribution in [1.29, 1.82) is 0 Å². The average Bonchev–Trinajstić information content (AvgIpc) is 2.70. The van der Waals surface area contributed by atoms with Crippen molar-refractivity contribution in [2.75, 3.05) is 20.3 Å². The Balaban J connectivity index is 1.52. The van der Waals surface area contributed by atoms with Crippen LogP contribution in [0.1, 0.15) is 44.0 Å².